The molecule has 0 spiro atoms. The third-order valence-corrected chi connectivity index (χ3v) is 3.28. The van der Waals surface area contributed by atoms with Crippen molar-refractivity contribution in [3.8, 4) is 0 Å². The molecule has 0 N–H and O–H groups in total. The Balaban J connectivity index is 3.10. The molecule has 0 radical (unpaired) electrons. The Hall–Kier alpha value is -0.250. The fraction of sp³-hybridized carbons (Fsp3) is 0.929. The Kier molecular flexibility index (Phi) is 14.6. The van der Waals surface area contributed by atoms with Gasteiger partial charge in [-0.1, -0.05) is 61.4 Å². The summed E-state index contributed by atoms with van der Waals surface area (Å²) in [6.45, 7) is 3.17. The molecule has 0 aliphatic heterocycles. The fourth-order valence-corrected chi connectivity index (χ4v) is 2.00. The third-order valence-electron chi connectivity index (χ3n) is 2.72. The number of carbonyl (C=O) groups is 1. The minimum absolute atomic E-state index is 0.460. The van der Waals surface area contributed by atoms with Gasteiger partial charge in [0.15, 0.2) is 0 Å². The second-order valence-corrected chi connectivity index (χ2v) is 5.26. The van der Waals surface area contributed by atoms with Gasteiger partial charge in [-0.25, -0.2) is 4.79 Å². The highest BCUT2D eigenvalue weighted by molar-refractivity contribution is 9.09. The fourth-order valence-electron chi connectivity index (χ4n) is 1.61. The van der Waals surface area contributed by atoms with Crippen molar-refractivity contribution in [1.29, 1.82) is 0 Å². The zero-order chi connectivity index (χ0) is 13.5. The van der Waals surface area contributed by atoms with Gasteiger partial charge in [-0.15, -0.1) is 0 Å². The summed E-state index contributed by atoms with van der Waals surface area (Å²) >= 11 is 3.33. The summed E-state index contributed by atoms with van der Waals surface area (Å²) in [5.41, 5.74) is 0. The monoisotopic (exact) mass is 322 g/mol. The smallest absolute Gasteiger partial charge is 0.434 e. The van der Waals surface area contributed by atoms with Crippen LogP contribution < -0.4 is 0 Å². The molecule has 0 aromatic carbocycles. The quantitative estimate of drug-likeness (QED) is 0.286. The van der Waals surface area contributed by atoms with Crippen molar-refractivity contribution in [2.45, 2.75) is 64.7 Å². The summed E-state index contributed by atoms with van der Waals surface area (Å²) in [6, 6.07) is 0. The molecule has 0 unspecified atom stereocenters. The Bertz CT molecular complexity index is 186. The van der Waals surface area contributed by atoms with Gasteiger partial charge >= 0.3 is 6.16 Å². The summed E-state index contributed by atoms with van der Waals surface area (Å²) in [6.07, 6.45) is 9.95. The largest absolute Gasteiger partial charge is 0.508 e. The van der Waals surface area contributed by atoms with E-state index in [4.69, 9.17) is 9.47 Å². The molecular weight excluding hydrogens is 296 g/mol. The van der Waals surface area contributed by atoms with Crippen LogP contribution in [0.4, 0.5) is 4.79 Å². The average Bonchev–Trinajstić information content (AvgIpc) is 2.38. The molecule has 4 heteroatoms. The van der Waals surface area contributed by atoms with Crippen molar-refractivity contribution in [2.24, 2.45) is 0 Å². The van der Waals surface area contributed by atoms with E-state index >= 15 is 0 Å². The maximum atomic E-state index is 11.1. The van der Waals surface area contributed by atoms with Crippen LogP contribution in [-0.4, -0.2) is 24.7 Å². The molecule has 0 atom stereocenters. The lowest BCUT2D eigenvalue weighted by Gasteiger charge is -2.05. The van der Waals surface area contributed by atoms with E-state index in [-0.39, 0.29) is 0 Å². The van der Waals surface area contributed by atoms with E-state index in [0.717, 1.165) is 31.0 Å². The first-order valence-electron chi connectivity index (χ1n) is 7.16. The predicted molar refractivity (Wildman–Crippen MR) is 78.3 cm³/mol. The van der Waals surface area contributed by atoms with Gasteiger partial charge in [-0.05, 0) is 19.3 Å². The highest BCUT2D eigenvalue weighted by Gasteiger charge is 2.02. The van der Waals surface area contributed by atoms with Crippen LogP contribution >= 0.6 is 15.9 Å². The summed E-state index contributed by atoms with van der Waals surface area (Å²) in [5.74, 6) is 0. The van der Waals surface area contributed by atoms with E-state index in [1.807, 2.05) is 0 Å². The van der Waals surface area contributed by atoms with Crippen molar-refractivity contribution in [3.05, 3.63) is 0 Å². The molecule has 0 heterocycles. The second-order valence-electron chi connectivity index (χ2n) is 4.46. The summed E-state index contributed by atoms with van der Waals surface area (Å²) in [7, 11) is 0. The predicted octanol–water partition coefficient (Wildman–Crippen LogP) is 5.07. The molecule has 0 saturated heterocycles. The Morgan fingerprint density at radius 3 is 1.89 bits per heavy atom. The lowest BCUT2D eigenvalue weighted by Crippen LogP contribution is -2.09. The van der Waals surface area contributed by atoms with Gasteiger partial charge in [-0.3, -0.25) is 0 Å². The number of rotatable bonds is 12. The Labute approximate surface area is 120 Å². The summed E-state index contributed by atoms with van der Waals surface area (Å²) < 4.78 is 9.90. The van der Waals surface area contributed by atoms with Crippen LogP contribution in [0.1, 0.15) is 64.7 Å². The van der Waals surface area contributed by atoms with Crippen molar-refractivity contribution in [2.75, 3.05) is 18.5 Å². The molecule has 0 saturated carbocycles. The third kappa shape index (κ3) is 13.8. The zero-order valence-corrected chi connectivity index (χ0v) is 13.2. The Morgan fingerprint density at radius 1 is 0.833 bits per heavy atom. The first-order valence-corrected chi connectivity index (χ1v) is 8.29. The molecule has 0 aromatic rings. The molecule has 0 rings (SSSR count). The molecular formula is C14H27BrO3. The van der Waals surface area contributed by atoms with Crippen LogP contribution in [0.25, 0.3) is 0 Å². The van der Waals surface area contributed by atoms with Gasteiger partial charge < -0.3 is 9.47 Å². The molecule has 3 nitrogen and oxygen atoms in total. The number of ether oxygens (including phenoxy) is 2. The molecule has 0 bridgehead atoms. The summed E-state index contributed by atoms with van der Waals surface area (Å²) in [4.78, 5) is 11.1. The number of hydrogen-bond donors (Lipinski definition) is 0. The SMILES string of the molecule is CCCCCCCCCOC(=O)OCCCCBr. The number of carbonyl (C=O) groups excluding carboxylic acids is 1. The molecule has 0 aromatic heterocycles. The zero-order valence-electron chi connectivity index (χ0n) is 11.6. The van der Waals surface area contributed by atoms with Crippen LogP contribution in [0.3, 0.4) is 0 Å². The summed E-state index contributed by atoms with van der Waals surface area (Å²) in [5, 5.41) is 0.948. The number of unbranched alkanes of at least 4 members (excludes halogenated alkanes) is 7. The second kappa shape index (κ2) is 14.8. The van der Waals surface area contributed by atoms with Gasteiger partial charge in [0.1, 0.15) is 0 Å². The van der Waals surface area contributed by atoms with Crippen LogP contribution in [0.15, 0.2) is 0 Å². The highest BCUT2D eigenvalue weighted by Crippen LogP contribution is 2.07. The van der Waals surface area contributed by atoms with E-state index in [9.17, 15) is 4.79 Å². The standard InChI is InChI=1S/C14H27BrO3/c1-2-3-4-5-6-7-9-12-17-14(16)18-13-10-8-11-15/h2-13H2,1H3. The molecule has 0 fully saturated rings. The number of halogens is 1. The van der Waals surface area contributed by atoms with Crippen molar-refractivity contribution in [1.82, 2.24) is 0 Å². The first-order chi connectivity index (χ1) is 8.81. The van der Waals surface area contributed by atoms with E-state index in [1.165, 1.54) is 32.1 Å². The highest BCUT2D eigenvalue weighted by atomic mass is 79.9. The van der Waals surface area contributed by atoms with Crippen molar-refractivity contribution >= 4 is 22.1 Å². The minimum atomic E-state index is -0.518. The van der Waals surface area contributed by atoms with E-state index in [1.54, 1.807) is 0 Å². The normalized spacial score (nSPS) is 10.3. The molecule has 0 aliphatic rings. The Morgan fingerprint density at radius 2 is 1.33 bits per heavy atom. The van der Waals surface area contributed by atoms with Crippen LogP contribution in [0.5, 0.6) is 0 Å². The number of hydrogen-bond acceptors (Lipinski definition) is 3. The average molecular weight is 323 g/mol. The minimum Gasteiger partial charge on any atom is -0.434 e. The molecule has 18 heavy (non-hydrogen) atoms. The van der Waals surface area contributed by atoms with Crippen LogP contribution in [0, 0.1) is 0 Å². The van der Waals surface area contributed by atoms with E-state index < -0.39 is 6.16 Å². The van der Waals surface area contributed by atoms with Crippen molar-refractivity contribution in [3.63, 3.8) is 0 Å². The lowest BCUT2D eigenvalue weighted by molar-refractivity contribution is 0.0533. The van der Waals surface area contributed by atoms with Gasteiger partial charge in [-0.2, -0.15) is 0 Å². The van der Waals surface area contributed by atoms with Gasteiger partial charge in [0.05, 0.1) is 13.2 Å². The van der Waals surface area contributed by atoms with Crippen LogP contribution in [0.2, 0.25) is 0 Å². The van der Waals surface area contributed by atoms with E-state index in [2.05, 4.69) is 22.9 Å². The van der Waals surface area contributed by atoms with Crippen LogP contribution in [-0.2, 0) is 9.47 Å². The molecule has 0 aliphatic carbocycles. The maximum absolute atomic E-state index is 11.1. The van der Waals surface area contributed by atoms with Gasteiger partial charge in [0, 0.05) is 5.33 Å². The first kappa shape index (κ1) is 17.8. The van der Waals surface area contributed by atoms with Gasteiger partial charge in [0.25, 0.3) is 0 Å². The van der Waals surface area contributed by atoms with Crippen molar-refractivity contribution < 1.29 is 14.3 Å². The topological polar surface area (TPSA) is 35.5 Å². The molecule has 0 amide bonds. The molecule has 108 valence electrons. The van der Waals surface area contributed by atoms with Gasteiger partial charge in [0.2, 0.25) is 0 Å². The maximum Gasteiger partial charge on any atom is 0.508 e. The number of alkyl halides is 1. The lowest BCUT2D eigenvalue weighted by atomic mass is 10.1. The van der Waals surface area contributed by atoms with E-state index in [0.29, 0.717) is 13.2 Å².